The fourth-order valence-corrected chi connectivity index (χ4v) is 2.86. The van der Waals surface area contributed by atoms with E-state index in [2.05, 4.69) is 4.72 Å². The van der Waals surface area contributed by atoms with Crippen LogP contribution < -0.4 is 10.5 Å². The molecule has 1 aromatic heterocycles. The van der Waals surface area contributed by atoms with E-state index >= 15 is 0 Å². The van der Waals surface area contributed by atoms with Crippen molar-refractivity contribution in [1.82, 2.24) is 9.29 Å². The lowest BCUT2D eigenvalue weighted by Gasteiger charge is -2.10. The van der Waals surface area contributed by atoms with Gasteiger partial charge in [0.25, 0.3) is 0 Å². The molecule has 1 atom stereocenters. The Bertz CT molecular complexity index is 775. The second-order valence-corrected chi connectivity index (χ2v) is 6.46. The summed E-state index contributed by atoms with van der Waals surface area (Å²) in [4.78, 5) is 11.4. The van der Waals surface area contributed by atoms with Gasteiger partial charge in [0, 0.05) is 26.3 Å². The van der Waals surface area contributed by atoms with E-state index in [4.69, 9.17) is 9.52 Å². The minimum absolute atomic E-state index is 0.0180. The molecule has 0 radical (unpaired) electrons. The molecule has 0 aliphatic heterocycles. The Morgan fingerprint density at radius 2 is 2.15 bits per heavy atom. The summed E-state index contributed by atoms with van der Waals surface area (Å²) < 4.78 is 32.8. The van der Waals surface area contributed by atoms with Crippen molar-refractivity contribution < 1.29 is 17.9 Å². The minimum atomic E-state index is -3.69. The molecule has 0 spiro atoms. The summed E-state index contributed by atoms with van der Waals surface area (Å²) in [5.41, 5.74) is 0.744. The average molecular weight is 300 g/mol. The molecule has 2 rings (SSSR count). The lowest BCUT2D eigenvalue weighted by molar-refractivity contribution is 0.238. The molecule has 0 aliphatic carbocycles. The van der Waals surface area contributed by atoms with Gasteiger partial charge in [0.1, 0.15) is 0 Å². The van der Waals surface area contributed by atoms with Crippen molar-refractivity contribution in [3.8, 4) is 0 Å². The van der Waals surface area contributed by atoms with Gasteiger partial charge in [-0.25, -0.2) is 17.9 Å². The first-order chi connectivity index (χ1) is 9.35. The number of aliphatic hydroxyl groups excluding tert-OH is 1. The molecule has 0 bridgehead atoms. The number of aryl methyl sites for hydroxylation is 1. The highest BCUT2D eigenvalue weighted by molar-refractivity contribution is 7.89. The quantitative estimate of drug-likeness (QED) is 0.811. The molecule has 1 heterocycles. The number of nitrogens with one attached hydrogen (secondary N) is 1. The number of hydrogen-bond donors (Lipinski definition) is 2. The summed E-state index contributed by atoms with van der Waals surface area (Å²) in [6.45, 7) is 1.76. The number of fused-ring (bicyclic) bond motifs is 1. The van der Waals surface area contributed by atoms with Crippen LogP contribution >= 0.6 is 0 Å². The molecule has 8 heteroatoms. The van der Waals surface area contributed by atoms with Gasteiger partial charge in [-0.05, 0) is 18.1 Å². The van der Waals surface area contributed by atoms with Crippen LogP contribution in [0.4, 0.5) is 0 Å². The van der Waals surface area contributed by atoms with Gasteiger partial charge in [0.2, 0.25) is 10.0 Å². The molecule has 0 aliphatic rings. The third-order valence-electron chi connectivity index (χ3n) is 3.01. The first kappa shape index (κ1) is 14.8. The normalized spacial score (nSPS) is 13.8. The van der Waals surface area contributed by atoms with E-state index in [0.717, 1.165) is 0 Å². The second kappa shape index (κ2) is 5.39. The number of rotatable bonds is 5. The van der Waals surface area contributed by atoms with Gasteiger partial charge < -0.3 is 9.52 Å². The Labute approximate surface area is 115 Å². The van der Waals surface area contributed by atoms with E-state index in [9.17, 15) is 13.2 Å². The molecule has 2 aromatic rings. The number of sulfonamides is 1. The fraction of sp³-hybridized carbons (Fsp3) is 0.417. The van der Waals surface area contributed by atoms with Crippen molar-refractivity contribution >= 4 is 21.1 Å². The number of nitrogens with zero attached hydrogens (tertiary/aromatic N) is 1. The zero-order valence-corrected chi connectivity index (χ0v) is 12.0. The second-order valence-electron chi connectivity index (χ2n) is 4.70. The van der Waals surface area contributed by atoms with Crippen LogP contribution in [0.25, 0.3) is 11.1 Å². The molecule has 0 amide bonds. The molecule has 0 saturated heterocycles. The Hall–Kier alpha value is -1.64. The molecule has 0 fully saturated rings. The number of benzene rings is 1. The van der Waals surface area contributed by atoms with Crippen molar-refractivity contribution in [1.29, 1.82) is 0 Å². The zero-order valence-electron chi connectivity index (χ0n) is 11.2. The fourth-order valence-electron chi connectivity index (χ4n) is 1.68. The third kappa shape index (κ3) is 2.77. The van der Waals surface area contributed by atoms with Crippen molar-refractivity contribution in [3.63, 3.8) is 0 Å². The highest BCUT2D eigenvalue weighted by atomic mass is 32.2. The first-order valence-electron chi connectivity index (χ1n) is 6.05. The van der Waals surface area contributed by atoms with Crippen LogP contribution in [0.3, 0.4) is 0 Å². The maximum Gasteiger partial charge on any atom is 0.419 e. The van der Waals surface area contributed by atoms with Gasteiger partial charge in [0.05, 0.1) is 10.4 Å². The summed E-state index contributed by atoms with van der Waals surface area (Å²) in [6.07, 6.45) is 0. The van der Waals surface area contributed by atoms with Crippen LogP contribution in [0.2, 0.25) is 0 Å². The van der Waals surface area contributed by atoms with E-state index in [1.165, 1.54) is 22.8 Å². The Kier molecular flexibility index (Phi) is 3.98. The zero-order chi connectivity index (χ0) is 14.9. The average Bonchev–Trinajstić information content (AvgIpc) is 2.71. The predicted octanol–water partition coefficient (Wildman–Crippen LogP) is 0.0382. The first-order valence-corrected chi connectivity index (χ1v) is 7.53. The van der Waals surface area contributed by atoms with Gasteiger partial charge in [-0.3, -0.25) is 4.57 Å². The number of hydrogen-bond acceptors (Lipinski definition) is 5. The highest BCUT2D eigenvalue weighted by Crippen LogP contribution is 2.17. The van der Waals surface area contributed by atoms with Gasteiger partial charge in [-0.2, -0.15) is 0 Å². The van der Waals surface area contributed by atoms with E-state index < -0.39 is 15.8 Å². The molecule has 110 valence electrons. The van der Waals surface area contributed by atoms with Crippen LogP contribution in [0.15, 0.2) is 32.3 Å². The maximum atomic E-state index is 12.1. The third-order valence-corrected chi connectivity index (χ3v) is 4.43. The number of aromatic nitrogens is 1. The lowest BCUT2D eigenvalue weighted by atomic mass is 10.2. The molecule has 20 heavy (non-hydrogen) atoms. The Morgan fingerprint density at radius 1 is 1.45 bits per heavy atom. The predicted molar refractivity (Wildman–Crippen MR) is 72.9 cm³/mol. The minimum Gasteiger partial charge on any atom is -0.408 e. The van der Waals surface area contributed by atoms with Gasteiger partial charge in [-0.1, -0.05) is 6.92 Å². The molecule has 7 nitrogen and oxygen atoms in total. The van der Waals surface area contributed by atoms with Crippen LogP contribution in [-0.2, 0) is 17.1 Å². The summed E-state index contributed by atoms with van der Waals surface area (Å²) in [6, 6.07) is 4.23. The van der Waals surface area contributed by atoms with Gasteiger partial charge in [-0.15, -0.1) is 0 Å². The number of oxazole rings is 1. The summed E-state index contributed by atoms with van der Waals surface area (Å²) in [7, 11) is -2.15. The Morgan fingerprint density at radius 3 is 2.80 bits per heavy atom. The molecular weight excluding hydrogens is 284 g/mol. The standard InChI is InChI=1S/C12H16N2O5S/c1-8(7-15)6-13-20(17,18)9-3-4-10-11(5-9)19-12(16)14(10)2/h3-5,8,13,15H,6-7H2,1-2H3. The Balaban J connectivity index is 2.35. The maximum absolute atomic E-state index is 12.1. The van der Waals surface area contributed by atoms with Crippen molar-refractivity contribution in [3.05, 3.63) is 28.7 Å². The number of aliphatic hydroxyl groups is 1. The largest absolute Gasteiger partial charge is 0.419 e. The van der Waals surface area contributed by atoms with E-state index in [1.54, 1.807) is 14.0 Å². The van der Waals surface area contributed by atoms with Crippen LogP contribution in [0.1, 0.15) is 6.92 Å². The van der Waals surface area contributed by atoms with E-state index in [-0.39, 0.29) is 29.5 Å². The van der Waals surface area contributed by atoms with E-state index in [0.29, 0.717) is 5.52 Å². The summed E-state index contributed by atoms with van der Waals surface area (Å²) in [5, 5.41) is 8.89. The van der Waals surface area contributed by atoms with Crippen LogP contribution in [-0.4, -0.2) is 31.2 Å². The summed E-state index contributed by atoms with van der Waals surface area (Å²) >= 11 is 0. The smallest absolute Gasteiger partial charge is 0.408 e. The lowest BCUT2D eigenvalue weighted by Crippen LogP contribution is -2.29. The molecule has 2 N–H and O–H groups in total. The highest BCUT2D eigenvalue weighted by Gasteiger charge is 2.17. The topological polar surface area (TPSA) is 102 Å². The summed E-state index contributed by atoms with van der Waals surface area (Å²) in [5.74, 6) is -0.723. The van der Waals surface area contributed by atoms with Crippen molar-refractivity contribution in [2.45, 2.75) is 11.8 Å². The molecule has 1 aromatic carbocycles. The SMILES string of the molecule is CC(CO)CNS(=O)(=O)c1ccc2c(c1)oc(=O)n2C. The monoisotopic (exact) mass is 300 g/mol. The molecule has 1 unspecified atom stereocenters. The van der Waals surface area contributed by atoms with Gasteiger partial charge >= 0.3 is 5.76 Å². The van der Waals surface area contributed by atoms with Gasteiger partial charge in [0.15, 0.2) is 5.58 Å². The van der Waals surface area contributed by atoms with Crippen LogP contribution in [0.5, 0.6) is 0 Å². The molecular formula is C12H16N2O5S. The van der Waals surface area contributed by atoms with Crippen molar-refractivity contribution in [2.24, 2.45) is 13.0 Å². The van der Waals surface area contributed by atoms with Crippen LogP contribution in [0, 0.1) is 5.92 Å². The van der Waals surface area contributed by atoms with E-state index in [1.807, 2.05) is 0 Å². The molecule has 0 saturated carbocycles. The van der Waals surface area contributed by atoms with Crippen molar-refractivity contribution in [2.75, 3.05) is 13.2 Å².